The Balaban J connectivity index is 2.55. The van der Waals surface area contributed by atoms with Crippen molar-refractivity contribution in [3.05, 3.63) is 50.7 Å². The summed E-state index contributed by atoms with van der Waals surface area (Å²) in [6, 6.07) is 5.51. The van der Waals surface area contributed by atoms with Gasteiger partial charge in [-0.25, -0.2) is 13.2 Å². The number of rotatable bonds is 10. The number of aromatic amines is 1. The van der Waals surface area contributed by atoms with Crippen molar-refractivity contribution in [2.24, 2.45) is 0 Å². The number of hydrogen-bond acceptors (Lipinski definition) is 6. The predicted octanol–water partition coefficient (Wildman–Crippen LogP) is 2.16. The van der Waals surface area contributed by atoms with Crippen LogP contribution in [0.4, 0.5) is 11.5 Å². The van der Waals surface area contributed by atoms with E-state index in [-0.39, 0.29) is 28.5 Å². The highest BCUT2D eigenvalue weighted by molar-refractivity contribution is 7.90. The molecule has 1 amide bonds. The Hall–Kier alpha value is -2.88. The molecule has 0 spiro atoms. The van der Waals surface area contributed by atoms with Crippen molar-refractivity contribution >= 4 is 27.2 Å². The van der Waals surface area contributed by atoms with Crippen LogP contribution in [-0.4, -0.2) is 36.7 Å². The van der Waals surface area contributed by atoms with E-state index in [2.05, 4.69) is 4.98 Å². The summed E-state index contributed by atoms with van der Waals surface area (Å²) < 4.78 is 24.7. The topological polar surface area (TPSA) is 135 Å². The number of nitrogens with zero attached hydrogens (tertiary/aromatic N) is 2. The zero-order valence-corrected chi connectivity index (χ0v) is 19.0. The Morgan fingerprint density at radius 2 is 1.68 bits per heavy atom. The van der Waals surface area contributed by atoms with E-state index in [9.17, 15) is 22.8 Å². The van der Waals surface area contributed by atoms with Gasteiger partial charge in [-0.05, 0) is 37.1 Å². The zero-order chi connectivity index (χ0) is 23.2. The van der Waals surface area contributed by atoms with Crippen molar-refractivity contribution in [2.45, 2.75) is 57.4 Å². The van der Waals surface area contributed by atoms with Crippen LogP contribution in [0.3, 0.4) is 0 Å². The molecule has 2 aromatic rings. The first kappa shape index (κ1) is 24.4. The smallest absolute Gasteiger partial charge is 0.330 e. The number of benzene rings is 1. The maximum absolute atomic E-state index is 13.3. The molecule has 0 saturated carbocycles. The number of carbonyl (C=O) groups excluding carboxylic acids is 1. The minimum absolute atomic E-state index is 0.0557. The molecule has 0 radical (unpaired) electrons. The summed E-state index contributed by atoms with van der Waals surface area (Å²) in [4.78, 5) is 41.8. The molecule has 31 heavy (non-hydrogen) atoms. The first-order chi connectivity index (χ1) is 14.6. The number of anilines is 2. The van der Waals surface area contributed by atoms with Crippen LogP contribution in [0.1, 0.15) is 56.3 Å². The van der Waals surface area contributed by atoms with Gasteiger partial charge in [0.15, 0.2) is 15.5 Å². The van der Waals surface area contributed by atoms with Gasteiger partial charge in [0.2, 0.25) is 0 Å². The molecule has 2 rings (SSSR count). The number of nitrogens with one attached hydrogen (secondary N) is 1. The quantitative estimate of drug-likeness (QED) is 0.533. The minimum Gasteiger partial charge on any atom is -0.383 e. The third-order valence-electron chi connectivity index (χ3n) is 4.98. The molecule has 0 bridgehead atoms. The molecule has 170 valence electrons. The Morgan fingerprint density at radius 3 is 2.23 bits per heavy atom. The van der Waals surface area contributed by atoms with Crippen LogP contribution in [0.25, 0.3) is 0 Å². The van der Waals surface area contributed by atoms with Crippen molar-refractivity contribution in [1.29, 1.82) is 0 Å². The molecular formula is C21H30N4O5S. The summed E-state index contributed by atoms with van der Waals surface area (Å²) >= 11 is 0. The Morgan fingerprint density at radius 1 is 1.06 bits per heavy atom. The number of unbranched alkanes of at least 4 members (excludes halogenated alkanes) is 3. The molecule has 1 aromatic heterocycles. The molecule has 0 fully saturated rings. The van der Waals surface area contributed by atoms with E-state index < -0.39 is 27.0 Å². The van der Waals surface area contributed by atoms with Gasteiger partial charge in [0.05, 0.1) is 4.90 Å². The third-order valence-corrected chi connectivity index (χ3v) is 6.11. The summed E-state index contributed by atoms with van der Waals surface area (Å²) in [5.74, 6) is -0.547. The largest absolute Gasteiger partial charge is 0.383 e. The fraction of sp³-hybridized carbons (Fsp3) is 0.476. The van der Waals surface area contributed by atoms with Gasteiger partial charge in [-0.2, -0.15) is 0 Å². The second-order valence-electron chi connectivity index (χ2n) is 7.46. The SMILES string of the molecule is CCCCCN(C(=O)c1ccc(S(C)(=O)=O)cc1)c1c(N)n(CCCC)c(=O)[nH]c1=O. The lowest BCUT2D eigenvalue weighted by Gasteiger charge is -2.24. The van der Waals surface area contributed by atoms with E-state index in [4.69, 9.17) is 5.73 Å². The lowest BCUT2D eigenvalue weighted by Crippen LogP contribution is -2.41. The molecule has 0 atom stereocenters. The van der Waals surface area contributed by atoms with E-state index in [0.717, 1.165) is 25.5 Å². The average molecular weight is 451 g/mol. The van der Waals surface area contributed by atoms with E-state index >= 15 is 0 Å². The maximum atomic E-state index is 13.3. The highest BCUT2D eigenvalue weighted by Gasteiger charge is 2.25. The summed E-state index contributed by atoms with van der Waals surface area (Å²) in [6.07, 6.45) is 4.98. The molecular weight excluding hydrogens is 420 g/mol. The van der Waals surface area contributed by atoms with Gasteiger partial charge in [-0.3, -0.25) is 19.1 Å². The third kappa shape index (κ3) is 5.84. The highest BCUT2D eigenvalue weighted by atomic mass is 32.2. The Kier molecular flexibility index (Phi) is 8.21. The molecule has 3 N–H and O–H groups in total. The first-order valence-electron chi connectivity index (χ1n) is 10.4. The zero-order valence-electron chi connectivity index (χ0n) is 18.2. The van der Waals surface area contributed by atoms with E-state index in [0.29, 0.717) is 19.4 Å². The molecule has 9 nitrogen and oxygen atoms in total. The predicted molar refractivity (Wildman–Crippen MR) is 121 cm³/mol. The maximum Gasteiger partial charge on any atom is 0.330 e. The normalized spacial score (nSPS) is 11.5. The van der Waals surface area contributed by atoms with E-state index in [1.165, 1.54) is 33.7 Å². The summed E-state index contributed by atoms with van der Waals surface area (Å²) in [5.41, 5.74) is 5.01. The number of H-pyrrole nitrogens is 1. The van der Waals surface area contributed by atoms with Crippen LogP contribution in [0.2, 0.25) is 0 Å². The number of hydrogen-bond donors (Lipinski definition) is 2. The van der Waals surface area contributed by atoms with Crippen molar-refractivity contribution < 1.29 is 13.2 Å². The molecule has 0 saturated heterocycles. The van der Waals surface area contributed by atoms with Gasteiger partial charge in [0.25, 0.3) is 11.5 Å². The van der Waals surface area contributed by atoms with Gasteiger partial charge < -0.3 is 10.6 Å². The van der Waals surface area contributed by atoms with Crippen LogP contribution >= 0.6 is 0 Å². The first-order valence-corrected chi connectivity index (χ1v) is 12.3. The molecule has 0 aliphatic heterocycles. The molecule has 1 heterocycles. The second kappa shape index (κ2) is 10.4. The van der Waals surface area contributed by atoms with Crippen molar-refractivity contribution in [3.8, 4) is 0 Å². The molecule has 0 aliphatic carbocycles. The second-order valence-corrected chi connectivity index (χ2v) is 9.47. The monoisotopic (exact) mass is 450 g/mol. The Bertz CT molecular complexity index is 1130. The van der Waals surface area contributed by atoms with Gasteiger partial charge in [-0.1, -0.05) is 33.1 Å². The lowest BCUT2D eigenvalue weighted by molar-refractivity contribution is 0.0986. The number of amides is 1. The highest BCUT2D eigenvalue weighted by Crippen LogP contribution is 2.21. The molecule has 1 aromatic carbocycles. The van der Waals surface area contributed by atoms with Crippen LogP contribution in [0, 0.1) is 0 Å². The number of carbonyl (C=O) groups is 1. The average Bonchev–Trinajstić information content (AvgIpc) is 2.71. The number of nitrogen functional groups attached to an aromatic ring is 1. The summed E-state index contributed by atoms with van der Waals surface area (Å²) in [5, 5.41) is 0. The van der Waals surface area contributed by atoms with Gasteiger partial charge in [0.1, 0.15) is 5.82 Å². The summed E-state index contributed by atoms with van der Waals surface area (Å²) in [7, 11) is -3.41. The van der Waals surface area contributed by atoms with Crippen molar-refractivity contribution in [1.82, 2.24) is 9.55 Å². The van der Waals surface area contributed by atoms with Crippen LogP contribution < -0.4 is 21.9 Å². The number of sulfone groups is 1. The van der Waals surface area contributed by atoms with E-state index in [1.54, 1.807) is 0 Å². The van der Waals surface area contributed by atoms with Gasteiger partial charge in [-0.15, -0.1) is 0 Å². The van der Waals surface area contributed by atoms with E-state index in [1.807, 2.05) is 13.8 Å². The fourth-order valence-corrected chi connectivity index (χ4v) is 3.84. The van der Waals surface area contributed by atoms with Crippen molar-refractivity contribution in [3.63, 3.8) is 0 Å². The van der Waals surface area contributed by atoms with Gasteiger partial charge >= 0.3 is 5.69 Å². The standard InChI is InChI=1S/C21H30N4O5S/c1-4-6-8-14-24(20(27)15-9-11-16(12-10-15)31(3,29)30)17-18(22)25(13-7-5-2)21(28)23-19(17)26/h9-12H,4-8,13-14,22H2,1-3H3,(H,23,26,28). The van der Waals surface area contributed by atoms with Crippen molar-refractivity contribution in [2.75, 3.05) is 23.4 Å². The van der Waals surface area contributed by atoms with Crippen LogP contribution in [0.5, 0.6) is 0 Å². The van der Waals surface area contributed by atoms with Gasteiger partial charge in [0, 0.05) is 24.9 Å². The molecule has 0 aliphatic rings. The molecule has 10 heteroatoms. The lowest BCUT2D eigenvalue weighted by atomic mass is 10.1. The fourth-order valence-electron chi connectivity index (χ4n) is 3.21. The molecule has 0 unspecified atom stereocenters. The Labute approximate surface area is 181 Å². The van der Waals surface area contributed by atoms with Crippen LogP contribution in [0.15, 0.2) is 38.8 Å². The number of nitrogens with two attached hydrogens (primary N) is 1. The summed E-state index contributed by atoms with van der Waals surface area (Å²) in [6.45, 7) is 4.54. The number of aromatic nitrogens is 2. The van der Waals surface area contributed by atoms with Crippen LogP contribution in [-0.2, 0) is 16.4 Å². The minimum atomic E-state index is -3.41.